The number of nitriles is 1. The van der Waals surface area contributed by atoms with Gasteiger partial charge in [0.2, 0.25) is 5.76 Å². The lowest BCUT2D eigenvalue weighted by Gasteiger charge is -2.38. The van der Waals surface area contributed by atoms with Gasteiger partial charge in [0, 0.05) is 20.0 Å². The Balaban J connectivity index is 1.65. The lowest BCUT2D eigenvalue weighted by molar-refractivity contribution is -0.0359. The summed E-state index contributed by atoms with van der Waals surface area (Å²) in [6.07, 6.45) is 3.80. The minimum Gasteiger partial charge on any atom is -0.449 e. The van der Waals surface area contributed by atoms with Crippen LogP contribution in [-0.2, 0) is 20.0 Å². The second-order valence-electron chi connectivity index (χ2n) is 5.95. The Morgan fingerprint density at radius 1 is 1.50 bits per heavy atom. The minimum absolute atomic E-state index is 0.321. The zero-order chi connectivity index (χ0) is 15.6. The van der Waals surface area contributed by atoms with Crippen LogP contribution in [0.1, 0.15) is 30.2 Å². The Morgan fingerprint density at radius 3 is 3.05 bits per heavy atom. The second-order valence-corrected chi connectivity index (χ2v) is 5.95. The molecule has 0 bridgehead atoms. The lowest BCUT2D eigenvalue weighted by Crippen LogP contribution is -2.49. The number of rotatable bonds is 4. The number of aryl methyl sites for hydroxylation is 1. The summed E-state index contributed by atoms with van der Waals surface area (Å²) in [5, 5.41) is 27.6. The molecule has 0 radical (unpaired) electrons. The number of piperidine rings is 1. The third kappa shape index (κ3) is 3.18. The van der Waals surface area contributed by atoms with Crippen LogP contribution in [0.4, 0.5) is 0 Å². The van der Waals surface area contributed by atoms with Crippen molar-refractivity contribution in [2.75, 3.05) is 13.1 Å². The van der Waals surface area contributed by atoms with Gasteiger partial charge in [-0.05, 0) is 31.5 Å². The van der Waals surface area contributed by atoms with Crippen molar-refractivity contribution in [2.45, 2.75) is 31.4 Å². The number of furan rings is 1. The smallest absolute Gasteiger partial charge is 0.203 e. The quantitative estimate of drug-likeness (QED) is 0.900. The fraction of sp³-hybridized carbons (Fsp3) is 0.533. The molecule has 22 heavy (non-hydrogen) atoms. The summed E-state index contributed by atoms with van der Waals surface area (Å²) >= 11 is 0. The average molecular weight is 301 g/mol. The van der Waals surface area contributed by atoms with Crippen molar-refractivity contribution in [2.24, 2.45) is 7.05 Å². The third-order valence-electron chi connectivity index (χ3n) is 4.08. The van der Waals surface area contributed by atoms with Gasteiger partial charge in [-0.25, -0.2) is 0 Å². The molecular weight excluding hydrogens is 282 g/mol. The summed E-state index contributed by atoms with van der Waals surface area (Å²) in [4.78, 5) is 2.15. The molecule has 116 valence electrons. The van der Waals surface area contributed by atoms with Gasteiger partial charge >= 0.3 is 0 Å². The normalized spacial score (nSPS) is 22.6. The van der Waals surface area contributed by atoms with E-state index in [0.29, 0.717) is 25.3 Å². The van der Waals surface area contributed by atoms with E-state index >= 15 is 0 Å². The van der Waals surface area contributed by atoms with E-state index in [4.69, 9.17) is 9.68 Å². The van der Waals surface area contributed by atoms with Crippen LogP contribution in [0.3, 0.4) is 0 Å². The van der Waals surface area contributed by atoms with Crippen molar-refractivity contribution in [1.82, 2.24) is 19.7 Å². The fourth-order valence-electron chi connectivity index (χ4n) is 2.99. The first-order valence-electron chi connectivity index (χ1n) is 7.34. The van der Waals surface area contributed by atoms with Gasteiger partial charge in [-0.1, -0.05) is 0 Å². The van der Waals surface area contributed by atoms with E-state index in [2.05, 4.69) is 15.1 Å². The highest BCUT2D eigenvalue weighted by molar-refractivity contribution is 5.19. The van der Waals surface area contributed by atoms with Crippen LogP contribution < -0.4 is 0 Å². The Hall–Kier alpha value is -2.17. The molecule has 3 rings (SSSR count). The molecule has 0 aliphatic carbocycles. The average Bonchev–Trinajstić information content (AvgIpc) is 3.08. The molecule has 0 spiro atoms. The summed E-state index contributed by atoms with van der Waals surface area (Å²) in [7, 11) is 1.88. The van der Waals surface area contributed by atoms with Crippen LogP contribution in [0.2, 0.25) is 0 Å². The molecule has 0 amide bonds. The zero-order valence-electron chi connectivity index (χ0n) is 12.6. The van der Waals surface area contributed by atoms with Crippen LogP contribution in [0, 0.1) is 11.3 Å². The van der Waals surface area contributed by atoms with Crippen molar-refractivity contribution < 1.29 is 9.52 Å². The molecule has 0 saturated carbocycles. The van der Waals surface area contributed by atoms with Gasteiger partial charge in [-0.2, -0.15) is 5.26 Å². The third-order valence-corrected chi connectivity index (χ3v) is 4.08. The van der Waals surface area contributed by atoms with Gasteiger partial charge in [0.15, 0.2) is 0 Å². The SMILES string of the molecule is Cn1cnnc1CC1(O)CCCN(Cc2ccc(C#N)o2)C1. The molecule has 2 aromatic heterocycles. The van der Waals surface area contributed by atoms with Crippen molar-refractivity contribution in [1.29, 1.82) is 5.26 Å². The molecule has 2 aromatic rings. The van der Waals surface area contributed by atoms with Gasteiger partial charge in [0.1, 0.15) is 24.0 Å². The van der Waals surface area contributed by atoms with Crippen LogP contribution in [-0.4, -0.2) is 43.5 Å². The van der Waals surface area contributed by atoms with Gasteiger partial charge < -0.3 is 14.1 Å². The number of aromatic nitrogens is 3. The highest BCUT2D eigenvalue weighted by Gasteiger charge is 2.35. The molecule has 3 heterocycles. The van der Waals surface area contributed by atoms with Gasteiger partial charge in [0.05, 0.1) is 12.1 Å². The van der Waals surface area contributed by atoms with Crippen LogP contribution in [0.25, 0.3) is 0 Å². The summed E-state index contributed by atoms with van der Waals surface area (Å²) in [6, 6.07) is 5.47. The predicted octanol–water partition coefficient (Wildman–Crippen LogP) is 0.849. The molecule has 1 saturated heterocycles. The largest absolute Gasteiger partial charge is 0.449 e. The van der Waals surface area contributed by atoms with Gasteiger partial charge in [-0.15, -0.1) is 10.2 Å². The molecule has 1 aliphatic rings. The Morgan fingerprint density at radius 2 is 2.36 bits per heavy atom. The summed E-state index contributed by atoms with van der Waals surface area (Å²) < 4.78 is 7.25. The standard InChI is InChI=1S/C15H19N5O2/c1-19-11-17-18-14(19)7-15(21)5-2-6-20(10-15)9-13-4-3-12(8-16)22-13/h3-4,11,21H,2,5-7,9-10H2,1H3. The Labute approximate surface area is 128 Å². The van der Waals surface area contributed by atoms with E-state index in [-0.39, 0.29) is 0 Å². The maximum Gasteiger partial charge on any atom is 0.203 e. The van der Waals surface area contributed by atoms with E-state index < -0.39 is 5.60 Å². The van der Waals surface area contributed by atoms with E-state index in [1.54, 1.807) is 12.4 Å². The Bertz CT molecular complexity index is 686. The lowest BCUT2D eigenvalue weighted by atomic mass is 9.89. The second kappa shape index (κ2) is 5.91. The molecule has 7 nitrogen and oxygen atoms in total. The van der Waals surface area contributed by atoms with E-state index in [1.165, 1.54) is 0 Å². The Kier molecular flexibility index (Phi) is 3.96. The molecular formula is C15H19N5O2. The zero-order valence-corrected chi connectivity index (χ0v) is 12.6. The topological polar surface area (TPSA) is 91.1 Å². The first kappa shape index (κ1) is 14.8. The van der Waals surface area contributed by atoms with Crippen LogP contribution >= 0.6 is 0 Å². The van der Waals surface area contributed by atoms with Crippen molar-refractivity contribution in [3.63, 3.8) is 0 Å². The van der Waals surface area contributed by atoms with Gasteiger partial charge in [-0.3, -0.25) is 4.90 Å². The predicted molar refractivity (Wildman–Crippen MR) is 77.6 cm³/mol. The molecule has 1 unspecified atom stereocenters. The number of aliphatic hydroxyl groups is 1. The van der Waals surface area contributed by atoms with E-state index in [1.807, 2.05) is 23.8 Å². The van der Waals surface area contributed by atoms with Crippen molar-refractivity contribution in [3.8, 4) is 6.07 Å². The van der Waals surface area contributed by atoms with Crippen molar-refractivity contribution >= 4 is 0 Å². The maximum atomic E-state index is 10.9. The van der Waals surface area contributed by atoms with Crippen LogP contribution in [0.5, 0.6) is 0 Å². The number of nitrogens with zero attached hydrogens (tertiary/aromatic N) is 5. The fourth-order valence-corrected chi connectivity index (χ4v) is 2.99. The highest BCUT2D eigenvalue weighted by Crippen LogP contribution is 2.26. The number of hydrogen-bond acceptors (Lipinski definition) is 6. The molecule has 7 heteroatoms. The monoisotopic (exact) mass is 301 g/mol. The highest BCUT2D eigenvalue weighted by atomic mass is 16.3. The van der Waals surface area contributed by atoms with Gasteiger partial charge in [0.25, 0.3) is 0 Å². The number of β-amino-alcohol motifs (C(OH)–C–C–N with tert-alkyl or cyclic N) is 1. The summed E-state index contributed by atoms with van der Waals surface area (Å²) in [5.41, 5.74) is -0.802. The van der Waals surface area contributed by atoms with E-state index in [9.17, 15) is 5.11 Å². The summed E-state index contributed by atoms with van der Waals surface area (Å²) in [5.74, 6) is 1.86. The molecule has 1 N–H and O–H groups in total. The maximum absolute atomic E-state index is 10.9. The number of likely N-dealkylation sites (tertiary alicyclic amines) is 1. The van der Waals surface area contributed by atoms with Crippen molar-refractivity contribution in [3.05, 3.63) is 35.8 Å². The molecule has 1 fully saturated rings. The van der Waals surface area contributed by atoms with E-state index in [0.717, 1.165) is 31.0 Å². The molecule has 1 aliphatic heterocycles. The van der Waals surface area contributed by atoms with Crippen LogP contribution in [0.15, 0.2) is 22.9 Å². The minimum atomic E-state index is -0.802. The first-order chi connectivity index (χ1) is 10.6. The molecule has 0 aromatic carbocycles. The number of hydrogen-bond donors (Lipinski definition) is 1. The summed E-state index contributed by atoms with van der Waals surface area (Å²) in [6.45, 7) is 2.06. The first-order valence-corrected chi connectivity index (χ1v) is 7.34. The molecule has 1 atom stereocenters.